The van der Waals surface area contributed by atoms with Gasteiger partial charge in [-0.3, -0.25) is 0 Å². The van der Waals surface area contributed by atoms with Gasteiger partial charge in [0.2, 0.25) is 19.0 Å². The van der Waals surface area contributed by atoms with Gasteiger partial charge in [-0.15, -0.1) is 0 Å². The van der Waals surface area contributed by atoms with E-state index < -0.39 is 16.8 Å². The molecule has 0 unspecified atom stereocenters. The summed E-state index contributed by atoms with van der Waals surface area (Å²) in [7, 11) is 4.93. The summed E-state index contributed by atoms with van der Waals surface area (Å²) < 4.78 is 12.8. The highest BCUT2D eigenvalue weighted by atomic mass is 32.5. The Bertz CT molecular complexity index is 1460. The van der Waals surface area contributed by atoms with Gasteiger partial charge >= 0.3 is 0 Å². The lowest BCUT2D eigenvalue weighted by Gasteiger charge is -2.53. The zero-order valence-corrected chi connectivity index (χ0v) is 32.2. The van der Waals surface area contributed by atoms with Gasteiger partial charge in [0.1, 0.15) is 37.2 Å². The number of benzene rings is 2. The molecular formula is C38H59N6O3PS. The van der Waals surface area contributed by atoms with Crippen molar-refractivity contribution in [3.8, 4) is 0 Å². The van der Waals surface area contributed by atoms with Crippen molar-refractivity contribution in [2.24, 2.45) is 21.1 Å². The van der Waals surface area contributed by atoms with Crippen LogP contribution >= 0.6 is 6.72 Å². The first-order valence-corrected chi connectivity index (χ1v) is 21.1. The highest BCUT2D eigenvalue weighted by Crippen LogP contribution is 2.26. The van der Waals surface area contributed by atoms with Crippen LogP contribution in [0.1, 0.15) is 70.4 Å². The standard InChI is InChI=1S/C14H14O3PS.3C8H15N2/c15-18(16,17)19(11-13-7-3-1-4-8-13)12-14-9-5-2-6-10-14;3*1-3-4-5-10-7-6-9(2)8-10/h1-10H,11-12H2;3*6-8H,3-5H2,1-2H3/q-3;3*+1. The van der Waals surface area contributed by atoms with Crippen LogP contribution < -0.4 is 28.4 Å². The molecule has 2 aromatic carbocycles. The number of unbranched alkanes of at least 4 members (excludes halogenated alkanes) is 3. The lowest BCUT2D eigenvalue weighted by molar-refractivity contribution is -0.696. The zero-order valence-electron chi connectivity index (χ0n) is 30.5. The van der Waals surface area contributed by atoms with Crippen molar-refractivity contribution in [2.75, 3.05) is 0 Å². The van der Waals surface area contributed by atoms with Crippen LogP contribution in [0.5, 0.6) is 0 Å². The quantitative estimate of drug-likeness (QED) is 0.136. The van der Waals surface area contributed by atoms with Gasteiger partial charge in [0.15, 0.2) is 0 Å². The van der Waals surface area contributed by atoms with Gasteiger partial charge in [0.25, 0.3) is 0 Å². The Morgan fingerprint density at radius 2 is 0.837 bits per heavy atom. The fraction of sp³-hybridized carbons (Fsp3) is 0.447. The lowest BCUT2D eigenvalue weighted by atomic mass is 10.2. The molecule has 3 aromatic heterocycles. The molecular weight excluding hydrogens is 651 g/mol. The van der Waals surface area contributed by atoms with E-state index in [9.17, 15) is 14.7 Å². The second-order valence-corrected chi connectivity index (χ2v) is 17.5. The molecule has 9 nitrogen and oxygen atoms in total. The van der Waals surface area contributed by atoms with Crippen molar-refractivity contribution < 1.29 is 28.4 Å². The van der Waals surface area contributed by atoms with E-state index in [4.69, 9.17) is 0 Å². The summed E-state index contributed by atoms with van der Waals surface area (Å²) in [4.78, 5) is 34.3. The molecule has 5 rings (SSSR count). The number of nitrogens with zero attached hydrogens (tertiary/aromatic N) is 6. The van der Waals surface area contributed by atoms with Crippen molar-refractivity contribution in [3.63, 3.8) is 0 Å². The number of rotatable bonds is 13. The van der Waals surface area contributed by atoms with Gasteiger partial charge in [-0.25, -0.2) is 37.5 Å². The number of hydrogen-bond donors (Lipinski definition) is 0. The maximum atomic E-state index is 11.4. The third kappa shape index (κ3) is 18.9. The largest absolute Gasteiger partial charge is 0.848 e. The van der Waals surface area contributed by atoms with E-state index in [1.54, 1.807) is 0 Å². The second-order valence-electron chi connectivity index (χ2n) is 12.2. The van der Waals surface area contributed by atoms with Crippen molar-refractivity contribution >= 4 is 16.8 Å². The molecule has 49 heavy (non-hydrogen) atoms. The van der Waals surface area contributed by atoms with Gasteiger partial charge in [-0.2, -0.15) is 0 Å². The Balaban J connectivity index is 0.000000239. The van der Waals surface area contributed by atoms with E-state index in [-0.39, 0.29) is 0 Å². The van der Waals surface area contributed by atoms with E-state index >= 15 is 0 Å². The van der Waals surface area contributed by atoms with Crippen LogP contribution in [0.2, 0.25) is 0 Å². The number of aromatic nitrogens is 6. The summed E-state index contributed by atoms with van der Waals surface area (Å²) in [6, 6.07) is 18.5. The summed E-state index contributed by atoms with van der Waals surface area (Å²) in [6.07, 6.45) is 26.5. The van der Waals surface area contributed by atoms with Crippen LogP contribution in [0.3, 0.4) is 0 Å². The van der Waals surface area contributed by atoms with Crippen LogP contribution in [0.15, 0.2) is 117 Å². The first kappa shape index (κ1) is 41.9. The minimum absolute atomic E-state index is 0.292. The molecule has 0 spiro atoms. The molecule has 0 aliphatic carbocycles. The van der Waals surface area contributed by atoms with Crippen molar-refractivity contribution in [3.05, 3.63) is 128 Å². The Kier molecular flexibility index (Phi) is 20.5. The number of aryl methyl sites for hydroxylation is 6. The van der Waals surface area contributed by atoms with Gasteiger partial charge < -0.3 is 21.4 Å². The number of imidazole rings is 3. The minimum atomic E-state index is -4.58. The van der Waals surface area contributed by atoms with Gasteiger partial charge in [0, 0.05) is 11.5 Å². The van der Waals surface area contributed by atoms with Crippen LogP contribution in [0.25, 0.3) is 0 Å². The molecule has 270 valence electrons. The molecule has 0 amide bonds. The molecule has 5 aromatic rings. The molecule has 0 fully saturated rings. The maximum Gasteiger partial charge on any atom is 0.243 e. The number of hydrogen-bond acceptors (Lipinski definition) is 3. The van der Waals surface area contributed by atoms with Crippen molar-refractivity contribution in [1.82, 2.24) is 13.7 Å². The Labute approximate surface area is 297 Å². The van der Waals surface area contributed by atoms with Gasteiger partial charge in [-0.05, 0) is 30.4 Å². The average molecular weight is 711 g/mol. The molecule has 0 atom stereocenters. The third-order valence-corrected chi connectivity index (χ3v) is 12.1. The fourth-order valence-corrected chi connectivity index (χ4v) is 8.08. The predicted octanol–water partition coefficient (Wildman–Crippen LogP) is 4.10. The molecule has 11 heteroatoms. The molecule has 0 saturated carbocycles. The first-order valence-electron chi connectivity index (χ1n) is 17.3. The third-order valence-electron chi connectivity index (χ3n) is 7.45. The average Bonchev–Trinajstić information content (AvgIpc) is 3.83. The Morgan fingerprint density at radius 1 is 0.531 bits per heavy atom. The molecule has 0 bridgehead atoms. The van der Waals surface area contributed by atoms with Crippen LogP contribution in [-0.2, 0) is 62.4 Å². The topological polar surface area (TPSA) is 95.6 Å². The van der Waals surface area contributed by atoms with Crippen LogP contribution in [0, 0.1) is 0 Å². The first-order chi connectivity index (χ1) is 23.5. The summed E-state index contributed by atoms with van der Waals surface area (Å²) in [5.41, 5.74) is 1.77. The highest BCUT2D eigenvalue weighted by Gasteiger charge is 2.00. The predicted molar refractivity (Wildman–Crippen MR) is 196 cm³/mol. The summed E-state index contributed by atoms with van der Waals surface area (Å²) in [5.74, 6) is 0.583. The summed E-state index contributed by atoms with van der Waals surface area (Å²) >= 11 is 0. The summed E-state index contributed by atoms with van der Waals surface area (Å²) in [5, 5.41) is 0. The van der Waals surface area contributed by atoms with Crippen molar-refractivity contribution in [2.45, 2.75) is 90.4 Å². The normalized spacial score (nSPS) is 10.8. The SMILES string of the molecule is CCCC[n+]1ccn(C)c1.CCCC[n+]1ccn(C)c1.CCCC[n+]1ccn(C)c1.[O-]P([O-])([O-])=S(Cc1ccccc1)Cc1ccccc1. The Morgan fingerprint density at radius 3 is 1.06 bits per heavy atom. The van der Waals surface area contributed by atoms with E-state index in [0.717, 1.165) is 30.8 Å². The molecule has 0 aliphatic heterocycles. The van der Waals surface area contributed by atoms with Gasteiger partial charge in [0.05, 0.1) is 40.8 Å². The molecule has 0 N–H and O–H groups in total. The van der Waals surface area contributed by atoms with Crippen LogP contribution in [0.4, 0.5) is 0 Å². The van der Waals surface area contributed by atoms with E-state index in [1.165, 1.54) is 38.5 Å². The zero-order chi connectivity index (χ0) is 35.9. The molecule has 0 aliphatic rings. The van der Waals surface area contributed by atoms with Crippen LogP contribution in [-0.4, -0.2) is 13.7 Å². The maximum absolute atomic E-state index is 11.4. The monoisotopic (exact) mass is 710 g/mol. The van der Waals surface area contributed by atoms with E-state index in [0.29, 0.717) is 11.5 Å². The molecule has 0 saturated heterocycles. The van der Waals surface area contributed by atoms with Crippen molar-refractivity contribution in [1.29, 1.82) is 0 Å². The molecule has 3 heterocycles. The smallest absolute Gasteiger partial charge is 0.243 e. The summed E-state index contributed by atoms with van der Waals surface area (Å²) in [6.45, 7) is 5.51. The second kappa shape index (κ2) is 24.0. The van der Waals surface area contributed by atoms with E-state index in [2.05, 4.69) is 104 Å². The lowest BCUT2D eigenvalue weighted by Crippen LogP contribution is -2.30. The van der Waals surface area contributed by atoms with Gasteiger partial charge in [-0.1, -0.05) is 101 Å². The highest BCUT2D eigenvalue weighted by molar-refractivity contribution is 8.25. The Hall–Kier alpha value is -3.27. The minimum Gasteiger partial charge on any atom is -0.848 e. The molecule has 0 radical (unpaired) electrons. The van der Waals surface area contributed by atoms with E-state index in [1.807, 2.05) is 81.8 Å². The fourth-order valence-electron chi connectivity index (χ4n) is 4.67.